The number of hydrogen-bond donors (Lipinski definition) is 2. The van der Waals surface area contributed by atoms with Crippen LogP contribution in [0.15, 0.2) is 24.3 Å². The minimum Gasteiger partial charge on any atom is -0.385 e. The number of nitrogens with one attached hydrogen (secondary N) is 2. The zero-order valence-corrected chi connectivity index (χ0v) is 12.8. The van der Waals surface area contributed by atoms with Crippen LogP contribution in [0.25, 0.3) is 0 Å². The van der Waals surface area contributed by atoms with Gasteiger partial charge in [0.05, 0.1) is 5.56 Å². The second kappa shape index (κ2) is 6.35. The molecule has 0 bridgehead atoms. The van der Waals surface area contributed by atoms with Crippen molar-refractivity contribution in [2.24, 2.45) is 0 Å². The zero-order valence-electron chi connectivity index (χ0n) is 12.8. The normalized spacial score (nSPS) is 10.3. The molecule has 5 heteroatoms. The Bertz CT molecular complexity index is 647. The van der Waals surface area contributed by atoms with Crippen LogP contribution >= 0.6 is 0 Å². The van der Waals surface area contributed by atoms with Crippen molar-refractivity contribution in [3.63, 3.8) is 0 Å². The van der Waals surface area contributed by atoms with Gasteiger partial charge in [-0.2, -0.15) is 0 Å². The van der Waals surface area contributed by atoms with Crippen LogP contribution in [-0.2, 0) is 0 Å². The number of carbonyl (C=O) groups excluding carboxylic acids is 1. The molecule has 1 aromatic heterocycles. The first kappa shape index (κ1) is 15.0. The van der Waals surface area contributed by atoms with E-state index in [2.05, 4.69) is 20.6 Å². The molecule has 5 nitrogen and oxygen atoms in total. The van der Waals surface area contributed by atoms with E-state index in [9.17, 15) is 4.79 Å². The van der Waals surface area contributed by atoms with Gasteiger partial charge in [-0.15, -0.1) is 0 Å². The fourth-order valence-corrected chi connectivity index (χ4v) is 2.14. The average molecular weight is 284 g/mol. The standard InChI is InChI=1S/C16H20N4O/c1-5-17-14-7-6-10(2)8-13(14)15(21)20-16-18-11(3)9-12(4)19-16/h6-9,17H,5H2,1-4H3,(H,18,19,20,21). The first-order valence-electron chi connectivity index (χ1n) is 6.97. The lowest BCUT2D eigenvalue weighted by Crippen LogP contribution is -2.17. The quantitative estimate of drug-likeness (QED) is 0.905. The number of amides is 1. The minimum atomic E-state index is -0.209. The van der Waals surface area contributed by atoms with Crippen molar-refractivity contribution in [3.05, 3.63) is 46.8 Å². The van der Waals surface area contributed by atoms with Crippen LogP contribution in [-0.4, -0.2) is 22.4 Å². The highest BCUT2D eigenvalue weighted by atomic mass is 16.1. The summed E-state index contributed by atoms with van der Waals surface area (Å²) in [5.74, 6) is 0.126. The fourth-order valence-electron chi connectivity index (χ4n) is 2.14. The average Bonchev–Trinajstić information content (AvgIpc) is 2.39. The lowest BCUT2D eigenvalue weighted by atomic mass is 10.1. The third-order valence-electron chi connectivity index (χ3n) is 2.99. The number of aromatic nitrogens is 2. The van der Waals surface area contributed by atoms with E-state index in [0.29, 0.717) is 11.5 Å². The second-order valence-corrected chi connectivity index (χ2v) is 5.01. The third kappa shape index (κ3) is 3.78. The summed E-state index contributed by atoms with van der Waals surface area (Å²) in [6.07, 6.45) is 0. The molecule has 0 fully saturated rings. The van der Waals surface area contributed by atoms with E-state index in [4.69, 9.17) is 0 Å². The highest BCUT2D eigenvalue weighted by molar-refractivity contribution is 6.07. The highest BCUT2D eigenvalue weighted by Gasteiger charge is 2.13. The second-order valence-electron chi connectivity index (χ2n) is 5.01. The fraction of sp³-hybridized carbons (Fsp3) is 0.312. The zero-order chi connectivity index (χ0) is 15.4. The van der Waals surface area contributed by atoms with E-state index >= 15 is 0 Å². The summed E-state index contributed by atoms with van der Waals surface area (Å²) in [6.45, 7) is 8.46. The SMILES string of the molecule is CCNc1ccc(C)cc1C(=O)Nc1nc(C)cc(C)n1. The molecule has 110 valence electrons. The van der Waals surface area contributed by atoms with Gasteiger partial charge in [-0.05, 0) is 45.9 Å². The van der Waals surface area contributed by atoms with Gasteiger partial charge in [0.15, 0.2) is 0 Å². The summed E-state index contributed by atoms with van der Waals surface area (Å²) in [7, 11) is 0. The Balaban J connectivity index is 2.29. The van der Waals surface area contributed by atoms with Crippen molar-refractivity contribution in [2.45, 2.75) is 27.7 Å². The molecule has 0 atom stereocenters. The maximum atomic E-state index is 12.5. The summed E-state index contributed by atoms with van der Waals surface area (Å²) in [5.41, 5.74) is 4.09. The van der Waals surface area contributed by atoms with Gasteiger partial charge in [0, 0.05) is 23.6 Å². The lowest BCUT2D eigenvalue weighted by molar-refractivity contribution is 0.102. The number of nitrogens with zero attached hydrogens (tertiary/aromatic N) is 2. The largest absolute Gasteiger partial charge is 0.385 e. The summed E-state index contributed by atoms with van der Waals surface area (Å²) in [6, 6.07) is 7.61. The Kier molecular flexibility index (Phi) is 4.52. The topological polar surface area (TPSA) is 66.9 Å². The molecule has 0 aliphatic heterocycles. The van der Waals surface area contributed by atoms with Gasteiger partial charge in [-0.25, -0.2) is 9.97 Å². The monoisotopic (exact) mass is 284 g/mol. The van der Waals surface area contributed by atoms with E-state index in [1.807, 2.05) is 52.0 Å². The Morgan fingerprint density at radius 1 is 1.10 bits per heavy atom. The molecule has 0 spiro atoms. The van der Waals surface area contributed by atoms with Crippen molar-refractivity contribution in [1.29, 1.82) is 0 Å². The van der Waals surface area contributed by atoms with Crippen LogP contribution in [0.2, 0.25) is 0 Å². The van der Waals surface area contributed by atoms with Crippen molar-refractivity contribution < 1.29 is 4.79 Å². The van der Waals surface area contributed by atoms with E-state index in [1.165, 1.54) is 0 Å². The maximum absolute atomic E-state index is 12.5. The van der Waals surface area contributed by atoms with Crippen LogP contribution in [0.3, 0.4) is 0 Å². The minimum absolute atomic E-state index is 0.209. The number of aryl methyl sites for hydroxylation is 3. The highest BCUT2D eigenvalue weighted by Crippen LogP contribution is 2.18. The van der Waals surface area contributed by atoms with Gasteiger partial charge < -0.3 is 5.32 Å². The number of rotatable bonds is 4. The number of carbonyl (C=O) groups is 1. The number of hydrogen-bond acceptors (Lipinski definition) is 4. The van der Waals surface area contributed by atoms with Crippen LogP contribution in [0.1, 0.15) is 34.2 Å². The first-order chi connectivity index (χ1) is 9.99. The molecular weight excluding hydrogens is 264 g/mol. The summed E-state index contributed by atoms with van der Waals surface area (Å²) < 4.78 is 0. The van der Waals surface area contributed by atoms with Gasteiger partial charge in [-0.1, -0.05) is 11.6 Å². The third-order valence-corrected chi connectivity index (χ3v) is 2.99. The number of anilines is 2. The van der Waals surface area contributed by atoms with Gasteiger partial charge in [0.1, 0.15) is 0 Å². The van der Waals surface area contributed by atoms with E-state index < -0.39 is 0 Å². The molecular formula is C16H20N4O. The molecule has 0 aliphatic rings. The van der Waals surface area contributed by atoms with Gasteiger partial charge in [0.25, 0.3) is 5.91 Å². The molecule has 2 aromatic rings. The maximum Gasteiger partial charge on any atom is 0.260 e. The molecule has 0 unspecified atom stereocenters. The van der Waals surface area contributed by atoms with Gasteiger partial charge in [0.2, 0.25) is 5.95 Å². The van der Waals surface area contributed by atoms with Crippen LogP contribution in [0.4, 0.5) is 11.6 Å². The predicted octanol–water partition coefficient (Wildman–Crippen LogP) is 3.09. The van der Waals surface area contributed by atoms with E-state index in [1.54, 1.807) is 0 Å². The Hall–Kier alpha value is -2.43. The Morgan fingerprint density at radius 3 is 2.38 bits per heavy atom. The molecule has 2 N–H and O–H groups in total. The molecule has 21 heavy (non-hydrogen) atoms. The summed E-state index contributed by atoms with van der Waals surface area (Å²) in [4.78, 5) is 20.9. The molecule has 0 aliphatic carbocycles. The predicted molar refractivity (Wildman–Crippen MR) is 84.8 cm³/mol. The summed E-state index contributed by atoms with van der Waals surface area (Å²) >= 11 is 0. The summed E-state index contributed by atoms with van der Waals surface area (Å²) in [5, 5.41) is 5.96. The molecule has 1 aromatic carbocycles. The van der Waals surface area contributed by atoms with Crippen molar-refractivity contribution in [3.8, 4) is 0 Å². The molecule has 1 amide bonds. The van der Waals surface area contributed by atoms with Crippen LogP contribution < -0.4 is 10.6 Å². The number of benzene rings is 1. The molecule has 0 saturated carbocycles. The molecule has 0 radical (unpaired) electrons. The first-order valence-corrected chi connectivity index (χ1v) is 6.97. The van der Waals surface area contributed by atoms with E-state index in [-0.39, 0.29) is 5.91 Å². The smallest absolute Gasteiger partial charge is 0.260 e. The molecule has 0 saturated heterocycles. The van der Waals surface area contributed by atoms with Gasteiger partial charge in [-0.3, -0.25) is 10.1 Å². The Morgan fingerprint density at radius 2 is 1.76 bits per heavy atom. The lowest BCUT2D eigenvalue weighted by Gasteiger charge is -2.12. The molecule has 1 heterocycles. The van der Waals surface area contributed by atoms with E-state index in [0.717, 1.165) is 29.2 Å². The van der Waals surface area contributed by atoms with Crippen molar-refractivity contribution in [1.82, 2.24) is 9.97 Å². The van der Waals surface area contributed by atoms with Crippen molar-refractivity contribution in [2.75, 3.05) is 17.2 Å². The van der Waals surface area contributed by atoms with Crippen LogP contribution in [0.5, 0.6) is 0 Å². The van der Waals surface area contributed by atoms with Gasteiger partial charge >= 0.3 is 0 Å². The van der Waals surface area contributed by atoms with Crippen molar-refractivity contribution >= 4 is 17.5 Å². The molecule has 2 rings (SSSR count). The Labute approximate surface area is 124 Å². The van der Waals surface area contributed by atoms with Crippen LogP contribution in [0, 0.1) is 20.8 Å².